The van der Waals surface area contributed by atoms with E-state index in [1.165, 1.54) is 4.90 Å². The molecule has 1 fully saturated rings. The molecule has 2 heterocycles. The minimum Gasteiger partial charge on any atom is -0.348 e. The number of ether oxygens (including phenoxy) is 1. The number of para-hydroxylation sites is 1. The number of nitrogens with zero attached hydrogens (tertiary/aromatic N) is 3. The van der Waals surface area contributed by atoms with Crippen molar-refractivity contribution in [3.63, 3.8) is 0 Å². The molecule has 0 spiro atoms. The zero-order valence-corrected chi connectivity index (χ0v) is 20.2. The van der Waals surface area contributed by atoms with E-state index in [2.05, 4.69) is 0 Å². The molecule has 5 rings (SSSR count). The van der Waals surface area contributed by atoms with Crippen LogP contribution in [-0.2, 0) is 16.1 Å². The molecule has 9 heteroatoms. The van der Waals surface area contributed by atoms with Crippen molar-refractivity contribution >= 4 is 51.0 Å². The van der Waals surface area contributed by atoms with Gasteiger partial charge < -0.3 is 14.5 Å². The summed E-state index contributed by atoms with van der Waals surface area (Å²) in [6.45, 7) is 0.940. The molecule has 2 aliphatic rings. The summed E-state index contributed by atoms with van der Waals surface area (Å²) < 4.78 is 5.87. The molecule has 35 heavy (non-hydrogen) atoms. The van der Waals surface area contributed by atoms with Gasteiger partial charge in [-0.3, -0.25) is 19.3 Å². The van der Waals surface area contributed by atoms with Crippen LogP contribution in [-0.4, -0.2) is 52.1 Å². The Morgan fingerprint density at radius 3 is 2.40 bits per heavy atom. The van der Waals surface area contributed by atoms with Crippen molar-refractivity contribution in [3.8, 4) is 0 Å². The van der Waals surface area contributed by atoms with Crippen molar-refractivity contribution in [2.45, 2.75) is 12.8 Å². The third-order valence-corrected chi connectivity index (χ3v) is 6.93. The van der Waals surface area contributed by atoms with Crippen LogP contribution in [0, 0.1) is 0 Å². The van der Waals surface area contributed by atoms with Crippen LogP contribution in [0.25, 0.3) is 0 Å². The van der Waals surface area contributed by atoms with Crippen molar-refractivity contribution in [1.29, 1.82) is 0 Å². The third kappa shape index (κ3) is 4.91. The first-order valence-electron chi connectivity index (χ1n) is 11.1. The van der Waals surface area contributed by atoms with Gasteiger partial charge in [-0.1, -0.05) is 60.1 Å². The molecule has 3 aromatic rings. The van der Waals surface area contributed by atoms with Gasteiger partial charge in [0.15, 0.2) is 0 Å². The second-order valence-electron chi connectivity index (χ2n) is 8.16. The molecule has 0 radical (unpaired) electrons. The van der Waals surface area contributed by atoms with Crippen molar-refractivity contribution in [2.24, 2.45) is 0 Å². The van der Waals surface area contributed by atoms with Gasteiger partial charge in [-0.05, 0) is 35.9 Å². The minimum absolute atomic E-state index is 0.0970. The number of rotatable bonds is 7. The summed E-state index contributed by atoms with van der Waals surface area (Å²) in [6.07, 6.45) is -0.987. The number of hydrogen-bond acceptors (Lipinski definition) is 6. The number of benzene rings is 3. The van der Waals surface area contributed by atoms with Crippen LogP contribution in [0.4, 0.5) is 16.2 Å². The molecule has 2 aliphatic heterocycles. The summed E-state index contributed by atoms with van der Waals surface area (Å²) >= 11 is 6.85. The average molecular weight is 508 g/mol. The number of hydrogen-bond donors (Lipinski definition) is 0. The lowest BCUT2D eigenvalue weighted by atomic mass is 10.1. The number of halogens is 1. The summed E-state index contributed by atoms with van der Waals surface area (Å²) in [5.74, 6) is -0.164. The van der Waals surface area contributed by atoms with Gasteiger partial charge in [0.1, 0.15) is 0 Å². The predicted molar refractivity (Wildman–Crippen MR) is 136 cm³/mol. The maximum Gasteiger partial charge on any atom is 0.292 e. The first-order chi connectivity index (χ1) is 17.0. The van der Waals surface area contributed by atoms with Crippen molar-refractivity contribution < 1.29 is 19.1 Å². The SMILES string of the molecule is O=C1SC(=O)N(Cc2ccccc2)C1OCCN1CN(c2ccccc2)c2ccc(Cl)cc2C1=O. The van der Waals surface area contributed by atoms with Crippen LogP contribution < -0.4 is 4.90 Å². The number of fused-ring (bicyclic) bond motifs is 1. The van der Waals surface area contributed by atoms with Gasteiger partial charge in [-0.15, -0.1) is 0 Å². The number of anilines is 2. The van der Waals surface area contributed by atoms with E-state index in [1.54, 1.807) is 17.0 Å². The Morgan fingerprint density at radius 2 is 1.66 bits per heavy atom. The predicted octanol–water partition coefficient (Wildman–Crippen LogP) is 5.13. The third-order valence-electron chi connectivity index (χ3n) is 5.89. The van der Waals surface area contributed by atoms with Gasteiger partial charge in [-0.25, -0.2) is 0 Å². The van der Waals surface area contributed by atoms with Crippen LogP contribution >= 0.6 is 23.4 Å². The van der Waals surface area contributed by atoms with Crippen LogP contribution in [0.2, 0.25) is 5.02 Å². The average Bonchev–Trinajstić information content (AvgIpc) is 3.13. The largest absolute Gasteiger partial charge is 0.348 e. The Morgan fingerprint density at radius 1 is 0.943 bits per heavy atom. The Bertz CT molecular complexity index is 1260. The fraction of sp³-hybridized carbons (Fsp3) is 0.192. The Balaban J connectivity index is 1.30. The van der Waals surface area contributed by atoms with Crippen molar-refractivity contribution in [2.75, 3.05) is 24.7 Å². The van der Waals surface area contributed by atoms with Gasteiger partial charge in [0, 0.05) is 35.6 Å². The lowest BCUT2D eigenvalue weighted by Gasteiger charge is -2.38. The van der Waals surface area contributed by atoms with Crippen molar-refractivity contribution in [1.82, 2.24) is 9.80 Å². The van der Waals surface area contributed by atoms with Crippen LogP contribution in [0.1, 0.15) is 15.9 Å². The smallest absolute Gasteiger partial charge is 0.292 e. The molecule has 3 aromatic carbocycles. The molecule has 0 saturated carbocycles. The first kappa shape index (κ1) is 23.4. The molecule has 0 aromatic heterocycles. The number of carbonyl (C=O) groups is 3. The molecule has 0 aliphatic carbocycles. The summed E-state index contributed by atoms with van der Waals surface area (Å²) in [5.41, 5.74) is 3.13. The summed E-state index contributed by atoms with van der Waals surface area (Å²) in [5, 5.41) is -0.206. The van der Waals surface area contributed by atoms with Gasteiger partial charge in [0.2, 0.25) is 11.3 Å². The molecule has 1 atom stereocenters. The molecular weight excluding hydrogens is 486 g/mol. The van der Waals surface area contributed by atoms with Gasteiger partial charge in [0.25, 0.3) is 11.1 Å². The molecule has 1 saturated heterocycles. The monoisotopic (exact) mass is 507 g/mol. The summed E-state index contributed by atoms with van der Waals surface area (Å²) in [6, 6.07) is 24.5. The Hall–Kier alpha value is -3.33. The van der Waals surface area contributed by atoms with Crippen molar-refractivity contribution in [3.05, 3.63) is 95.0 Å². The maximum atomic E-state index is 13.2. The lowest BCUT2D eigenvalue weighted by Crippen LogP contribution is -2.47. The second kappa shape index (κ2) is 10.1. The van der Waals surface area contributed by atoms with E-state index in [4.69, 9.17) is 16.3 Å². The summed E-state index contributed by atoms with van der Waals surface area (Å²) in [7, 11) is 0. The van der Waals surface area contributed by atoms with Crippen LogP contribution in [0.5, 0.6) is 0 Å². The number of amides is 2. The highest BCUT2D eigenvalue weighted by molar-refractivity contribution is 8.26. The van der Waals surface area contributed by atoms with E-state index < -0.39 is 6.23 Å². The van der Waals surface area contributed by atoms with Gasteiger partial charge >= 0.3 is 0 Å². The zero-order chi connectivity index (χ0) is 24.4. The Kier molecular flexibility index (Phi) is 6.77. The first-order valence-corrected chi connectivity index (χ1v) is 12.3. The fourth-order valence-electron chi connectivity index (χ4n) is 4.18. The van der Waals surface area contributed by atoms with Gasteiger partial charge in [0.05, 0.1) is 24.5 Å². The quantitative estimate of drug-likeness (QED) is 0.441. The minimum atomic E-state index is -0.987. The molecule has 1 unspecified atom stereocenters. The molecule has 7 nitrogen and oxygen atoms in total. The number of carbonyl (C=O) groups excluding carboxylic acids is 3. The van der Waals surface area contributed by atoms with E-state index in [1.807, 2.05) is 71.6 Å². The van der Waals surface area contributed by atoms with E-state index in [0.717, 1.165) is 16.9 Å². The van der Waals surface area contributed by atoms with Gasteiger partial charge in [-0.2, -0.15) is 0 Å². The molecule has 178 valence electrons. The van der Waals surface area contributed by atoms with Crippen LogP contribution in [0.15, 0.2) is 78.9 Å². The Labute approximate surface area is 212 Å². The standard InChI is InChI=1S/C26H22ClN3O4S/c27-19-11-12-22-21(15-19)23(31)28(17-30(22)20-9-5-2-6-10-20)13-14-34-24-25(32)35-26(33)29(24)16-18-7-3-1-4-8-18/h1-12,15,24H,13-14,16-17H2. The number of thioether (sulfide) groups is 1. The molecular formula is C26H22ClN3O4S. The molecule has 2 amide bonds. The zero-order valence-electron chi connectivity index (χ0n) is 18.7. The highest BCUT2D eigenvalue weighted by Crippen LogP contribution is 2.35. The second-order valence-corrected chi connectivity index (χ2v) is 9.55. The maximum absolute atomic E-state index is 13.2. The normalized spacial score (nSPS) is 17.8. The lowest BCUT2D eigenvalue weighted by molar-refractivity contribution is -0.129. The highest BCUT2D eigenvalue weighted by Gasteiger charge is 2.41. The van der Waals surface area contributed by atoms with E-state index in [9.17, 15) is 14.4 Å². The van der Waals surface area contributed by atoms with Crippen LogP contribution in [0.3, 0.4) is 0 Å². The highest BCUT2D eigenvalue weighted by atomic mass is 35.5. The molecule has 0 bridgehead atoms. The fourth-order valence-corrected chi connectivity index (χ4v) is 5.09. The van der Waals surface area contributed by atoms with E-state index in [-0.39, 0.29) is 36.0 Å². The topological polar surface area (TPSA) is 70.2 Å². The molecule has 0 N–H and O–H groups in total. The van der Waals surface area contributed by atoms with E-state index >= 15 is 0 Å². The van der Waals surface area contributed by atoms with E-state index in [0.29, 0.717) is 29.0 Å². The summed E-state index contributed by atoms with van der Waals surface area (Å²) in [4.78, 5) is 43.2.